The molecule has 0 aliphatic heterocycles. The van der Waals surface area contributed by atoms with Crippen molar-refractivity contribution in [3.8, 4) is 11.4 Å². The van der Waals surface area contributed by atoms with Gasteiger partial charge in [-0.1, -0.05) is 15.9 Å². The third-order valence-electron chi connectivity index (χ3n) is 3.79. The van der Waals surface area contributed by atoms with Crippen LogP contribution in [0.3, 0.4) is 0 Å². The predicted molar refractivity (Wildman–Crippen MR) is 82.3 cm³/mol. The molecule has 6 heteroatoms. The van der Waals surface area contributed by atoms with E-state index in [9.17, 15) is 0 Å². The molecule has 0 unspecified atom stereocenters. The molecule has 1 aliphatic carbocycles. The Morgan fingerprint density at radius 1 is 1.35 bits per heavy atom. The summed E-state index contributed by atoms with van der Waals surface area (Å²) in [5.74, 6) is 1.58. The van der Waals surface area contributed by atoms with Crippen LogP contribution in [0.1, 0.15) is 18.9 Å². The molecule has 102 valence electrons. The van der Waals surface area contributed by atoms with E-state index in [1.165, 1.54) is 12.8 Å². The van der Waals surface area contributed by atoms with Gasteiger partial charge in [-0.05, 0) is 31.0 Å². The molecule has 3 aromatic rings. The van der Waals surface area contributed by atoms with Gasteiger partial charge in [0, 0.05) is 17.6 Å². The summed E-state index contributed by atoms with van der Waals surface area (Å²) in [5, 5.41) is 4.23. The number of nitrogens with zero attached hydrogens (tertiary/aromatic N) is 4. The average molecular weight is 332 g/mol. The van der Waals surface area contributed by atoms with Gasteiger partial charge in [-0.3, -0.25) is 4.68 Å². The summed E-state index contributed by atoms with van der Waals surface area (Å²) in [6, 6.07) is 6.75. The van der Waals surface area contributed by atoms with Crippen molar-refractivity contribution in [1.29, 1.82) is 0 Å². The van der Waals surface area contributed by atoms with Gasteiger partial charge < -0.3 is 10.3 Å². The molecular weight excluding hydrogens is 318 g/mol. The Hall–Kier alpha value is -1.82. The normalized spacial score (nSPS) is 15.1. The smallest absolute Gasteiger partial charge is 0.146 e. The number of hydrogen-bond acceptors (Lipinski definition) is 3. The Balaban J connectivity index is 2.03. The molecule has 20 heavy (non-hydrogen) atoms. The maximum absolute atomic E-state index is 6.11. The number of nitrogen functional groups attached to an aromatic ring is 1. The molecule has 0 spiro atoms. The molecule has 5 nitrogen and oxygen atoms in total. The summed E-state index contributed by atoms with van der Waals surface area (Å²) in [7, 11) is 1.85. The fourth-order valence-corrected chi connectivity index (χ4v) is 2.93. The quantitative estimate of drug-likeness (QED) is 0.784. The first-order valence-electron chi connectivity index (χ1n) is 6.60. The number of imidazole rings is 1. The predicted octanol–water partition coefficient (Wildman–Crippen LogP) is 3.12. The van der Waals surface area contributed by atoms with Crippen molar-refractivity contribution in [2.45, 2.75) is 18.9 Å². The highest BCUT2D eigenvalue weighted by Crippen LogP contribution is 2.42. The molecule has 1 aliphatic rings. The molecular formula is C14H14BrN5. The van der Waals surface area contributed by atoms with Crippen LogP contribution in [0.5, 0.6) is 0 Å². The van der Waals surface area contributed by atoms with Crippen LogP contribution in [0.25, 0.3) is 22.4 Å². The van der Waals surface area contributed by atoms with E-state index in [4.69, 9.17) is 10.7 Å². The third-order valence-corrected chi connectivity index (χ3v) is 4.28. The number of aryl methyl sites for hydroxylation is 1. The highest BCUT2D eigenvalue weighted by atomic mass is 79.9. The zero-order chi connectivity index (χ0) is 13.9. The molecule has 0 radical (unpaired) electrons. The van der Waals surface area contributed by atoms with Crippen LogP contribution >= 0.6 is 15.9 Å². The highest BCUT2D eigenvalue weighted by molar-refractivity contribution is 9.10. The Labute approximate surface area is 124 Å². The summed E-state index contributed by atoms with van der Waals surface area (Å²) >= 11 is 3.50. The Morgan fingerprint density at radius 3 is 2.80 bits per heavy atom. The minimum absolute atomic E-state index is 0.538. The van der Waals surface area contributed by atoms with E-state index < -0.39 is 0 Å². The highest BCUT2D eigenvalue weighted by Gasteiger charge is 2.29. The van der Waals surface area contributed by atoms with E-state index in [0.717, 1.165) is 26.9 Å². The maximum atomic E-state index is 6.11. The molecule has 1 saturated carbocycles. The van der Waals surface area contributed by atoms with Crippen molar-refractivity contribution in [1.82, 2.24) is 19.3 Å². The molecule has 2 N–H and O–H groups in total. The molecule has 0 saturated heterocycles. The second-order valence-electron chi connectivity index (χ2n) is 5.24. The minimum atomic E-state index is 0.538. The van der Waals surface area contributed by atoms with Crippen molar-refractivity contribution in [3.63, 3.8) is 0 Å². The number of benzene rings is 1. The van der Waals surface area contributed by atoms with Crippen LogP contribution < -0.4 is 5.73 Å². The zero-order valence-electron chi connectivity index (χ0n) is 11.0. The standard InChI is InChI=1S/C14H14BrN5/c1-19-13(16)10(7-17-19)14-18-11-6-8(15)2-5-12(11)20(14)9-3-4-9/h2,5-7,9H,3-4,16H2,1H3. The number of rotatable bonds is 2. The summed E-state index contributed by atoms with van der Waals surface area (Å²) in [5.41, 5.74) is 9.17. The number of fused-ring (bicyclic) bond motifs is 1. The summed E-state index contributed by atoms with van der Waals surface area (Å²) in [6.45, 7) is 0. The first-order chi connectivity index (χ1) is 9.65. The lowest BCUT2D eigenvalue weighted by Crippen LogP contribution is -2.01. The molecule has 1 fully saturated rings. The molecule has 2 heterocycles. The topological polar surface area (TPSA) is 61.7 Å². The van der Waals surface area contributed by atoms with Crippen LogP contribution in [-0.4, -0.2) is 19.3 Å². The van der Waals surface area contributed by atoms with Crippen molar-refractivity contribution < 1.29 is 0 Å². The first-order valence-corrected chi connectivity index (χ1v) is 7.40. The number of hydrogen-bond donors (Lipinski definition) is 1. The molecule has 0 amide bonds. The zero-order valence-corrected chi connectivity index (χ0v) is 12.6. The van der Waals surface area contributed by atoms with E-state index in [0.29, 0.717) is 11.9 Å². The number of anilines is 1. The van der Waals surface area contributed by atoms with Crippen LogP contribution in [0.15, 0.2) is 28.9 Å². The van der Waals surface area contributed by atoms with Crippen molar-refractivity contribution >= 4 is 32.8 Å². The molecule has 0 bridgehead atoms. The SMILES string of the molecule is Cn1ncc(-c2nc3cc(Br)ccc3n2C2CC2)c1N. The van der Waals surface area contributed by atoms with Gasteiger partial charge in [-0.2, -0.15) is 5.10 Å². The number of nitrogens with two attached hydrogens (primary N) is 1. The number of aromatic nitrogens is 4. The van der Waals surface area contributed by atoms with E-state index in [-0.39, 0.29) is 0 Å². The first kappa shape index (κ1) is 12.0. The van der Waals surface area contributed by atoms with E-state index >= 15 is 0 Å². The van der Waals surface area contributed by atoms with Gasteiger partial charge >= 0.3 is 0 Å². The maximum Gasteiger partial charge on any atom is 0.146 e. The van der Waals surface area contributed by atoms with Crippen molar-refractivity contribution in [2.24, 2.45) is 7.05 Å². The van der Waals surface area contributed by atoms with Crippen LogP contribution in [0.2, 0.25) is 0 Å². The molecule has 1 aromatic carbocycles. The largest absolute Gasteiger partial charge is 0.383 e. The number of halogens is 1. The summed E-state index contributed by atoms with van der Waals surface area (Å²) < 4.78 is 5.02. The minimum Gasteiger partial charge on any atom is -0.383 e. The van der Waals surface area contributed by atoms with Crippen LogP contribution in [0, 0.1) is 0 Å². The molecule has 2 aromatic heterocycles. The van der Waals surface area contributed by atoms with Gasteiger partial charge in [-0.25, -0.2) is 4.98 Å². The van der Waals surface area contributed by atoms with Crippen LogP contribution in [0.4, 0.5) is 5.82 Å². The molecule has 4 rings (SSSR count). The van der Waals surface area contributed by atoms with Crippen molar-refractivity contribution in [2.75, 3.05) is 5.73 Å². The van der Waals surface area contributed by atoms with Crippen LogP contribution in [-0.2, 0) is 7.05 Å². The third kappa shape index (κ3) is 1.67. The fraction of sp³-hybridized carbons (Fsp3) is 0.286. The van der Waals surface area contributed by atoms with E-state index in [1.54, 1.807) is 10.9 Å². The van der Waals surface area contributed by atoms with E-state index in [2.05, 4.69) is 37.7 Å². The van der Waals surface area contributed by atoms with Gasteiger partial charge in [0.1, 0.15) is 11.6 Å². The lowest BCUT2D eigenvalue weighted by Gasteiger charge is -2.07. The van der Waals surface area contributed by atoms with Gasteiger partial charge in [0.25, 0.3) is 0 Å². The second kappa shape index (κ2) is 4.09. The Bertz CT molecular complexity index is 812. The monoisotopic (exact) mass is 331 g/mol. The van der Waals surface area contributed by atoms with Crippen molar-refractivity contribution in [3.05, 3.63) is 28.9 Å². The average Bonchev–Trinajstić information content (AvgIpc) is 3.12. The fourth-order valence-electron chi connectivity index (χ4n) is 2.58. The Morgan fingerprint density at radius 2 is 2.15 bits per heavy atom. The molecule has 0 atom stereocenters. The van der Waals surface area contributed by atoms with Gasteiger partial charge in [0.15, 0.2) is 0 Å². The van der Waals surface area contributed by atoms with Gasteiger partial charge in [-0.15, -0.1) is 0 Å². The van der Waals surface area contributed by atoms with Gasteiger partial charge in [0.2, 0.25) is 0 Å². The summed E-state index contributed by atoms with van der Waals surface area (Å²) in [6.07, 6.45) is 4.20. The lowest BCUT2D eigenvalue weighted by molar-refractivity contribution is 0.773. The second-order valence-corrected chi connectivity index (χ2v) is 6.15. The lowest BCUT2D eigenvalue weighted by atomic mass is 10.3. The summed E-state index contributed by atoms with van der Waals surface area (Å²) in [4.78, 5) is 4.78. The van der Waals surface area contributed by atoms with E-state index in [1.807, 2.05) is 13.1 Å². The van der Waals surface area contributed by atoms with Gasteiger partial charge in [0.05, 0.1) is 22.8 Å². The Kier molecular flexibility index (Phi) is 2.44.